The zero-order valence-electron chi connectivity index (χ0n) is 15.5. The molecular formula is C20H21N3O4S. The summed E-state index contributed by atoms with van der Waals surface area (Å²) in [5.41, 5.74) is 2.49. The number of aryl methyl sites for hydroxylation is 1. The average Bonchev–Trinajstić information content (AvgIpc) is 3.39. The van der Waals surface area contributed by atoms with Crippen LogP contribution in [0.25, 0.3) is 22.9 Å². The molecule has 1 N–H and O–H groups in total. The molecule has 8 heteroatoms. The van der Waals surface area contributed by atoms with E-state index in [2.05, 4.69) is 14.9 Å². The third kappa shape index (κ3) is 4.14. The Morgan fingerprint density at radius 1 is 1.07 bits per heavy atom. The maximum atomic E-state index is 12.6. The van der Waals surface area contributed by atoms with Crippen molar-refractivity contribution in [3.63, 3.8) is 0 Å². The van der Waals surface area contributed by atoms with Crippen LogP contribution < -0.4 is 4.72 Å². The van der Waals surface area contributed by atoms with Crippen LogP contribution in [-0.4, -0.2) is 37.9 Å². The monoisotopic (exact) mass is 399 g/mol. The van der Waals surface area contributed by atoms with E-state index in [9.17, 15) is 8.42 Å². The summed E-state index contributed by atoms with van der Waals surface area (Å²) < 4.78 is 39.0. The quantitative estimate of drug-likeness (QED) is 0.684. The van der Waals surface area contributed by atoms with E-state index in [0.717, 1.165) is 24.0 Å². The first kappa shape index (κ1) is 18.8. The molecule has 2 aromatic carbocycles. The van der Waals surface area contributed by atoms with Crippen LogP contribution in [-0.2, 0) is 14.8 Å². The summed E-state index contributed by atoms with van der Waals surface area (Å²) in [7, 11) is -3.65. The summed E-state index contributed by atoms with van der Waals surface area (Å²) in [6, 6.07) is 14.2. The Labute approximate surface area is 163 Å². The van der Waals surface area contributed by atoms with Gasteiger partial charge in [0.15, 0.2) is 0 Å². The first-order valence-corrected chi connectivity index (χ1v) is 10.6. The highest BCUT2D eigenvalue weighted by atomic mass is 32.2. The molecule has 0 spiro atoms. The van der Waals surface area contributed by atoms with Crippen LogP contribution in [0.15, 0.2) is 57.8 Å². The smallest absolute Gasteiger partial charge is 0.248 e. The zero-order chi connectivity index (χ0) is 19.6. The van der Waals surface area contributed by atoms with E-state index in [1.165, 1.54) is 6.07 Å². The number of benzene rings is 2. The van der Waals surface area contributed by atoms with E-state index < -0.39 is 10.0 Å². The molecule has 0 amide bonds. The number of sulfonamides is 1. The van der Waals surface area contributed by atoms with Gasteiger partial charge in [0.2, 0.25) is 21.8 Å². The van der Waals surface area contributed by atoms with Crippen LogP contribution in [0.4, 0.5) is 0 Å². The minimum atomic E-state index is -3.65. The van der Waals surface area contributed by atoms with Gasteiger partial charge in [-0.05, 0) is 50.1 Å². The van der Waals surface area contributed by atoms with Gasteiger partial charge in [0, 0.05) is 24.3 Å². The van der Waals surface area contributed by atoms with Gasteiger partial charge in [0.1, 0.15) is 0 Å². The van der Waals surface area contributed by atoms with E-state index in [-0.39, 0.29) is 23.4 Å². The lowest BCUT2D eigenvalue weighted by molar-refractivity contribution is 0.114. The van der Waals surface area contributed by atoms with Crippen molar-refractivity contribution in [1.29, 1.82) is 0 Å². The van der Waals surface area contributed by atoms with Crippen molar-refractivity contribution in [3.05, 3.63) is 54.1 Å². The molecule has 1 aliphatic rings. The number of hydrogen-bond acceptors (Lipinski definition) is 6. The predicted molar refractivity (Wildman–Crippen MR) is 104 cm³/mol. The molecule has 2 heterocycles. The van der Waals surface area contributed by atoms with Crippen molar-refractivity contribution >= 4 is 10.0 Å². The molecule has 1 fully saturated rings. The molecule has 0 bridgehead atoms. The van der Waals surface area contributed by atoms with Crippen LogP contribution in [0.5, 0.6) is 0 Å². The van der Waals surface area contributed by atoms with Crippen molar-refractivity contribution in [2.45, 2.75) is 30.8 Å². The molecule has 7 nitrogen and oxygen atoms in total. The fraction of sp³-hybridized carbons (Fsp3) is 0.300. The Morgan fingerprint density at radius 2 is 1.82 bits per heavy atom. The molecule has 0 radical (unpaired) electrons. The third-order valence-electron chi connectivity index (χ3n) is 4.64. The number of nitrogens with one attached hydrogen (secondary N) is 1. The summed E-state index contributed by atoms with van der Waals surface area (Å²) in [5, 5.41) is 8.14. The van der Waals surface area contributed by atoms with Crippen molar-refractivity contribution in [2.75, 3.05) is 13.2 Å². The van der Waals surface area contributed by atoms with Crippen molar-refractivity contribution in [1.82, 2.24) is 14.9 Å². The standard InChI is InChI=1S/C20H21N3O4S/c1-14-7-9-15(10-8-14)19-22-23-20(27-19)16-4-2-6-18(12-16)28(24,25)21-13-17-5-3-11-26-17/h2,4,6-10,12,17,21H,3,5,11,13H2,1H3/t17-/m0/s1. The fourth-order valence-corrected chi connectivity index (χ4v) is 4.15. The van der Waals surface area contributed by atoms with Gasteiger partial charge in [-0.25, -0.2) is 13.1 Å². The van der Waals surface area contributed by atoms with Gasteiger partial charge in [0.05, 0.1) is 11.0 Å². The summed E-state index contributed by atoms with van der Waals surface area (Å²) >= 11 is 0. The van der Waals surface area contributed by atoms with Crippen LogP contribution in [0.3, 0.4) is 0 Å². The first-order valence-electron chi connectivity index (χ1n) is 9.13. The zero-order valence-corrected chi connectivity index (χ0v) is 16.3. The molecule has 0 aliphatic carbocycles. The van der Waals surface area contributed by atoms with Gasteiger partial charge in [-0.3, -0.25) is 0 Å². The van der Waals surface area contributed by atoms with Crippen molar-refractivity contribution in [3.8, 4) is 22.9 Å². The second kappa shape index (κ2) is 7.83. The predicted octanol–water partition coefficient (Wildman–Crippen LogP) is 3.17. The van der Waals surface area contributed by atoms with E-state index in [1.807, 2.05) is 31.2 Å². The Balaban J connectivity index is 1.54. The first-order chi connectivity index (χ1) is 13.5. The Hall–Kier alpha value is -2.55. The Morgan fingerprint density at radius 3 is 2.54 bits per heavy atom. The third-order valence-corrected chi connectivity index (χ3v) is 6.06. The van der Waals surface area contributed by atoms with Gasteiger partial charge in [0.25, 0.3) is 0 Å². The van der Waals surface area contributed by atoms with Gasteiger partial charge >= 0.3 is 0 Å². The van der Waals surface area contributed by atoms with Crippen molar-refractivity contribution < 1.29 is 17.6 Å². The van der Waals surface area contributed by atoms with Crippen molar-refractivity contribution in [2.24, 2.45) is 0 Å². The van der Waals surface area contributed by atoms with Gasteiger partial charge in [-0.15, -0.1) is 10.2 Å². The average molecular weight is 399 g/mol. The minimum Gasteiger partial charge on any atom is -0.416 e. The Bertz CT molecular complexity index is 1060. The number of rotatable bonds is 6. The lowest BCUT2D eigenvalue weighted by Gasteiger charge is -2.11. The highest BCUT2D eigenvalue weighted by molar-refractivity contribution is 7.89. The second-order valence-electron chi connectivity index (χ2n) is 6.79. The molecule has 0 unspecified atom stereocenters. The van der Waals surface area contributed by atoms with Gasteiger partial charge in [-0.2, -0.15) is 0 Å². The van der Waals surface area contributed by atoms with E-state index >= 15 is 0 Å². The number of hydrogen-bond donors (Lipinski definition) is 1. The molecule has 1 saturated heterocycles. The maximum absolute atomic E-state index is 12.6. The molecule has 1 atom stereocenters. The number of nitrogens with zero attached hydrogens (tertiary/aromatic N) is 2. The molecular weight excluding hydrogens is 378 g/mol. The lowest BCUT2D eigenvalue weighted by Crippen LogP contribution is -2.31. The maximum Gasteiger partial charge on any atom is 0.248 e. The Kier molecular flexibility index (Phi) is 5.25. The largest absolute Gasteiger partial charge is 0.416 e. The molecule has 28 heavy (non-hydrogen) atoms. The van der Waals surface area contributed by atoms with Gasteiger partial charge in [-0.1, -0.05) is 23.8 Å². The molecule has 0 saturated carbocycles. The normalized spacial score (nSPS) is 17.1. The molecule has 146 valence electrons. The van der Waals surface area contributed by atoms with Crippen LogP contribution in [0.1, 0.15) is 18.4 Å². The molecule has 3 aromatic rings. The van der Waals surface area contributed by atoms with E-state index in [4.69, 9.17) is 9.15 Å². The second-order valence-corrected chi connectivity index (χ2v) is 8.56. The van der Waals surface area contributed by atoms with Gasteiger partial charge < -0.3 is 9.15 Å². The molecule has 1 aromatic heterocycles. The SMILES string of the molecule is Cc1ccc(-c2nnc(-c3cccc(S(=O)(=O)NC[C@@H]4CCCO4)c3)o2)cc1. The number of aromatic nitrogens is 2. The summed E-state index contributed by atoms with van der Waals surface area (Å²) in [6.07, 6.45) is 1.76. The molecule has 1 aliphatic heterocycles. The van der Waals surface area contributed by atoms with Crippen LogP contribution in [0, 0.1) is 6.92 Å². The van der Waals surface area contributed by atoms with E-state index in [0.29, 0.717) is 18.1 Å². The minimum absolute atomic E-state index is 0.0639. The molecule has 4 rings (SSSR count). The summed E-state index contributed by atoms with van der Waals surface area (Å²) in [6.45, 7) is 2.95. The topological polar surface area (TPSA) is 94.3 Å². The lowest BCUT2D eigenvalue weighted by atomic mass is 10.1. The van der Waals surface area contributed by atoms with Crippen LogP contribution in [0.2, 0.25) is 0 Å². The van der Waals surface area contributed by atoms with Crippen LogP contribution >= 0.6 is 0 Å². The highest BCUT2D eigenvalue weighted by Crippen LogP contribution is 2.26. The fourth-order valence-electron chi connectivity index (χ4n) is 3.04. The summed E-state index contributed by atoms with van der Waals surface area (Å²) in [4.78, 5) is 0.151. The highest BCUT2D eigenvalue weighted by Gasteiger charge is 2.21. The summed E-state index contributed by atoms with van der Waals surface area (Å²) in [5.74, 6) is 0.659. The van der Waals surface area contributed by atoms with E-state index in [1.54, 1.807) is 18.2 Å². The number of ether oxygens (including phenoxy) is 1.